The first-order valence-corrected chi connectivity index (χ1v) is 7.77. The fourth-order valence-corrected chi connectivity index (χ4v) is 2.58. The van der Waals surface area contributed by atoms with Crippen LogP contribution in [0.1, 0.15) is 19.4 Å². The van der Waals surface area contributed by atoms with Crippen LogP contribution in [0.5, 0.6) is 0 Å². The largest absolute Gasteiger partial charge is 0.417 e. The highest BCUT2D eigenvalue weighted by Crippen LogP contribution is 2.30. The number of rotatable bonds is 4. The first-order valence-electron chi connectivity index (χ1n) is 6.89. The number of carbonyl (C=O) groups excluding carboxylic acids is 2. The van der Waals surface area contributed by atoms with Gasteiger partial charge in [-0.3, -0.25) is 14.5 Å². The highest BCUT2D eigenvalue weighted by atomic mass is 32.2. The summed E-state index contributed by atoms with van der Waals surface area (Å²) in [4.78, 5) is 23.2. The van der Waals surface area contributed by atoms with Crippen LogP contribution in [-0.2, 0) is 11.0 Å². The van der Waals surface area contributed by atoms with Crippen LogP contribution in [-0.4, -0.2) is 38.3 Å². The molecule has 2 heterocycles. The molecule has 0 bridgehead atoms. The van der Waals surface area contributed by atoms with Crippen molar-refractivity contribution < 1.29 is 22.8 Å². The van der Waals surface area contributed by atoms with Crippen LogP contribution in [0.4, 0.5) is 18.0 Å². The number of nitrogens with one attached hydrogen (secondary N) is 2. The van der Waals surface area contributed by atoms with Crippen LogP contribution in [0.3, 0.4) is 0 Å². The Morgan fingerprint density at radius 3 is 2.67 bits per heavy atom. The summed E-state index contributed by atoms with van der Waals surface area (Å²) in [5.74, 6) is -0.588. The fraction of sp³-hybridized carbons (Fsp3) is 0.385. The number of fused-ring (bicyclic) bond motifs is 1. The lowest BCUT2D eigenvalue weighted by atomic mass is 10.3. The molecule has 0 fully saturated rings. The van der Waals surface area contributed by atoms with Gasteiger partial charge in [-0.1, -0.05) is 11.8 Å². The van der Waals surface area contributed by atoms with E-state index in [1.165, 1.54) is 13.0 Å². The molecule has 1 atom stereocenters. The van der Waals surface area contributed by atoms with Crippen LogP contribution in [0, 0.1) is 0 Å². The quantitative estimate of drug-likeness (QED) is 0.814. The molecule has 2 aromatic rings. The maximum atomic E-state index is 12.8. The van der Waals surface area contributed by atoms with E-state index in [4.69, 9.17) is 0 Å². The van der Waals surface area contributed by atoms with E-state index >= 15 is 0 Å². The van der Waals surface area contributed by atoms with Gasteiger partial charge < -0.3 is 5.32 Å². The molecule has 0 saturated heterocycles. The van der Waals surface area contributed by atoms with Crippen molar-refractivity contribution in [3.63, 3.8) is 0 Å². The monoisotopic (exact) mass is 361 g/mol. The normalized spacial score (nSPS) is 12.9. The zero-order valence-corrected chi connectivity index (χ0v) is 13.5. The van der Waals surface area contributed by atoms with Crippen molar-refractivity contribution in [2.75, 3.05) is 6.54 Å². The predicted octanol–water partition coefficient (Wildman–Crippen LogP) is 2.07. The Balaban J connectivity index is 2.17. The molecule has 24 heavy (non-hydrogen) atoms. The number of pyridine rings is 1. The van der Waals surface area contributed by atoms with Gasteiger partial charge in [-0.2, -0.15) is 13.2 Å². The van der Waals surface area contributed by atoms with Gasteiger partial charge in [-0.25, -0.2) is 4.79 Å². The summed E-state index contributed by atoms with van der Waals surface area (Å²) in [5.41, 5.74) is -0.627. The molecule has 2 aromatic heterocycles. The van der Waals surface area contributed by atoms with E-state index in [0.29, 0.717) is 6.54 Å². The van der Waals surface area contributed by atoms with Crippen LogP contribution < -0.4 is 10.6 Å². The number of hydrogen-bond acceptors (Lipinski definition) is 5. The minimum Gasteiger partial charge on any atom is -0.338 e. The van der Waals surface area contributed by atoms with Gasteiger partial charge >= 0.3 is 12.2 Å². The second-order valence-corrected chi connectivity index (χ2v) is 6.04. The summed E-state index contributed by atoms with van der Waals surface area (Å²) in [7, 11) is 0. The van der Waals surface area contributed by atoms with Gasteiger partial charge in [0.2, 0.25) is 5.91 Å². The molecule has 130 valence electrons. The summed E-state index contributed by atoms with van der Waals surface area (Å²) in [6.07, 6.45) is -3.63. The summed E-state index contributed by atoms with van der Waals surface area (Å²) in [6.45, 7) is 3.56. The zero-order valence-electron chi connectivity index (χ0n) is 12.7. The molecule has 1 unspecified atom stereocenters. The Hall–Kier alpha value is -2.30. The second-order valence-electron chi connectivity index (χ2n) is 4.74. The molecular formula is C13H14F3N5O2S. The molecule has 0 aromatic carbocycles. The molecule has 0 aliphatic heterocycles. The lowest BCUT2D eigenvalue weighted by Gasteiger charge is -2.11. The van der Waals surface area contributed by atoms with Crippen molar-refractivity contribution in [3.8, 4) is 0 Å². The minimum atomic E-state index is -4.50. The van der Waals surface area contributed by atoms with Crippen molar-refractivity contribution in [3.05, 3.63) is 23.9 Å². The standard InChI is InChI=1S/C13H14F3N5O2S/c1-3-17-11(23)18-10(22)7(2)24-12-20-19-9-5-4-8(6-21(9)12)13(14,15)16/h4-7H,3H2,1-2H3,(H2,17,18,22,23). The molecular weight excluding hydrogens is 347 g/mol. The van der Waals surface area contributed by atoms with E-state index in [1.807, 2.05) is 0 Å². The second kappa shape index (κ2) is 7.07. The third-order valence-corrected chi connectivity index (χ3v) is 3.98. The van der Waals surface area contributed by atoms with Crippen LogP contribution in [0.25, 0.3) is 5.65 Å². The van der Waals surface area contributed by atoms with Gasteiger partial charge in [0.1, 0.15) is 0 Å². The van der Waals surface area contributed by atoms with E-state index in [0.717, 1.165) is 28.4 Å². The molecule has 0 aliphatic carbocycles. The number of thioether (sulfide) groups is 1. The average molecular weight is 361 g/mol. The zero-order chi connectivity index (χ0) is 17.9. The van der Waals surface area contributed by atoms with Crippen LogP contribution in [0.2, 0.25) is 0 Å². The lowest BCUT2D eigenvalue weighted by molar-refractivity contribution is -0.137. The summed E-state index contributed by atoms with van der Waals surface area (Å²) < 4.78 is 39.5. The number of amides is 3. The number of alkyl halides is 3. The number of urea groups is 1. The maximum absolute atomic E-state index is 12.8. The van der Waals surface area contributed by atoms with Gasteiger partial charge in [0, 0.05) is 12.7 Å². The highest BCUT2D eigenvalue weighted by molar-refractivity contribution is 8.00. The average Bonchev–Trinajstić information content (AvgIpc) is 2.89. The van der Waals surface area contributed by atoms with Gasteiger partial charge in [0.05, 0.1) is 10.8 Å². The van der Waals surface area contributed by atoms with E-state index in [9.17, 15) is 22.8 Å². The highest BCUT2D eigenvalue weighted by Gasteiger charge is 2.31. The molecule has 11 heteroatoms. The van der Waals surface area contributed by atoms with Gasteiger partial charge in [-0.15, -0.1) is 10.2 Å². The van der Waals surface area contributed by atoms with Crippen molar-refractivity contribution in [2.24, 2.45) is 0 Å². The SMILES string of the molecule is CCNC(=O)NC(=O)C(C)Sc1nnc2ccc(C(F)(F)F)cn12. The van der Waals surface area contributed by atoms with Crippen molar-refractivity contribution in [2.45, 2.75) is 30.4 Å². The first kappa shape index (κ1) is 18.0. The Kier molecular flexibility index (Phi) is 5.32. The summed E-state index contributed by atoms with van der Waals surface area (Å²) in [6, 6.07) is 1.46. The van der Waals surface area contributed by atoms with Crippen molar-refractivity contribution >= 4 is 29.3 Å². The van der Waals surface area contributed by atoms with E-state index in [-0.39, 0.29) is 10.8 Å². The molecule has 0 radical (unpaired) electrons. The smallest absolute Gasteiger partial charge is 0.338 e. The molecule has 2 rings (SSSR count). The molecule has 3 amide bonds. The predicted molar refractivity (Wildman–Crippen MR) is 80.5 cm³/mol. The number of nitrogens with zero attached hydrogens (tertiary/aromatic N) is 3. The third-order valence-electron chi connectivity index (χ3n) is 2.92. The van der Waals surface area contributed by atoms with Crippen molar-refractivity contribution in [1.82, 2.24) is 25.2 Å². The molecule has 0 saturated carbocycles. The molecule has 2 N–H and O–H groups in total. The number of imide groups is 1. The number of aromatic nitrogens is 3. The molecule has 0 aliphatic rings. The Bertz CT molecular complexity index is 762. The maximum Gasteiger partial charge on any atom is 0.417 e. The Morgan fingerprint density at radius 1 is 1.33 bits per heavy atom. The number of carbonyl (C=O) groups is 2. The molecule has 7 nitrogen and oxygen atoms in total. The van der Waals surface area contributed by atoms with Crippen LogP contribution in [0.15, 0.2) is 23.5 Å². The number of hydrogen-bond donors (Lipinski definition) is 2. The third kappa shape index (κ3) is 4.16. The van der Waals surface area contributed by atoms with Crippen LogP contribution >= 0.6 is 11.8 Å². The lowest BCUT2D eigenvalue weighted by Crippen LogP contribution is -2.42. The van der Waals surface area contributed by atoms with Gasteiger partial charge in [-0.05, 0) is 26.0 Å². The topological polar surface area (TPSA) is 88.4 Å². The van der Waals surface area contributed by atoms with E-state index < -0.39 is 28.9 Å². The summed E-state index contributed by atoms with van der Waals surface area (Å²) in [5, 5.41) is 11.4. The Labute approximate surface area is 139 Å². The van der Waals surface area contributed by atoms with E-state index in [1.54, 1.807) is 6.92 Å². The molecule has 0 spiro atoms. The fourth-order valence-electron chi connectivity index (χ4n) is 1.75. The van der Waals surface area contributed by atoms with Gasteiger partial charge in [0.15, 0.2) is 10.8 Å². The van der Waals surface area contributed by atoms with Crippen molar-refractivity contribution in [1.29, 1.82) is 0 Å². The van der Waals surface area contributed by atoms with Gasteiger partial charge in [0.25, 0.3) is 0 Å². The summed E-state index contributed by atoms with van der Waals surface area (Å²) >= 11 is 0.897. The first-order chi connectivity index (χ1) is 11.2. The minimum absolute atomic E-state index is 0.120. The number of halogens is 3. The van der Waals surface area contributed by atoms with E-state index in [2.05, 4.69) is 20.8 Å². The Morgan fingerprint density at radius 2 is 2.04 bits per heavy atom.